The zero-order valence-electron chi connectivity index (χ0n) is 13.1. The molecular weight excluding hydrogens is 286 g/mol. The molecule has 23 heavy (non-hydrogen) atoms. The molecule has 2 aromatic carbocycles. The fourth-order valence-corrected chi connectivity index (χ4v) is 2.92. The topological polar surface area (TPSA) is 59.3 Å². The molecule has 0 aliphatic carbocycles. The number of aliphatic hydroxyl groups is 1. The minimum absolute atomic E-state index is 0.205. The summed E-state index contributed by atoms with van der Waals surface area (Å²) in [7, 11) is 0. The normalized spacial score (nSPS) is 15.2. The highest BCUT2D eigenvalue weighted by molar-refractivity contribution is 5.65. The summed E-state index contributed by atoms with van der Waals surface area (Å²) in [6.07, 6.45) is 1.32. The van der Waals surface area contributed by atoms with Crippen LogP contribution >= 0.6 is 0 Å². The summed E-state index contributed by atoms with van der Waals surface area (Å²) in [6.45, 7) is 2.33. The van der Waals surface area contributed by atoms with Gasteiger partial charge < -0.3 is 15.3 Å². The van der Waals surface area contributed by atoms with Gasteiger partial charge in [-0.15, -0.1) is 0 Å². The predicted octanol–water partition coefficient (Wildman–Crippen LogP) is 3.13. The molecule has 0 unspecified atom stereocenters. The van der Waals surface area contributed by atoms with Crippen molar-refractivity contribution in [1.29, 1.82) is 5.26 Å². The summed E-state index contributed by atoms with van der Waals surface area (Å²) in [6, 6.07) is 18.4. The van der Waals surface area contributed by atoms with Crippen molar-refractivity contribution < 1.29 is 5.11 Å². The number of hydrogen-bond donors (Lipinski definition) is 2. The maximum Gasteiger partial charge on any atom is 0.101 e. The average molecular weight is 307 g/mol. The molecule has 118 valence electrons. The van der Waals surface area contributed by atoms with Crippen LogP contribution < -0.4 is 10.2 Å². The van der Waals surface area contributed by atoms with Gasteiger partial charge in [0.25, 0.3) is 0 Å². The smallest absolute Gasteiger partial charge is 0.101 e. The minimum Gasteiger partial charge on any atom is -0.393 e. The summed E-state index contributed by atoms with van der Waals surface area (Å²) < 4.78 is 0. The number of hydrogen-bond acceptors (Lipinski definition) is 4. The van der Waals surface area contributed by atoms with Crippen molar-refractivity contribution in [2.24, 2.45) is 0 Å². The molecule has 0 aromatic heterocycles. The molecule has 0 saturated carbocycles. The van der Waals surface area contributed by atoms with Crippen LogP contribution in [-0.4, -0.2) is 24.3 Å². The van der Waals surface area contributed by atoms with Crippen LogP contribution in [0.2, 0.25) is 0 Å². The number of anilines is 2. The number of nitrogens with one attached hydrogen (secondary N) is 1. The Hall–Kier alpha value is -2.51. The third-order valence-corrected chi connectivity index (χ3v) is 4.26. The molecule has 4 heteroatoms. The summed E-state index contributed by atoms with van der Waals surface area (Å²) in [4.78, 5) is 2.19. The van der Waals surface area contributed by atoms with E-state index in [2.05, 4.69) is 28.4 Å². The first-order valence-corrected chi connectivity index (χ1v) is 8.01. The average Bonchev–Trinajstić information content (AvgIpc) is 2.61. The van der Waals surface area contributed by atoms with E-state index < -0.39 is 0 Å². The molecule has 0 atom stereocenters. The fraction of sp³-hybridized carbons (Fsp3) is 0.316. The minimum atomic E-state index is -0.205. The Morgan fingerprint density at radius 1 is 1.13 bits per heavy atom. The van der Waals surface area contributed by atoms with Crippen molar-refractivity contribution in [2.75, 3.05) is 23.3 Å². The van der Waals surface area contributed by atoms with Crippen molar-refractivity contribution in [2.45, 2.75) is 25.5 Å². The molecule has 1 aliphatic rings. The lowest BCUT2D eigenvalue weighted by molar-refractivity contribution is 0.145. The molecule has 0 radical (unpaired) electrons. The largest absolute Gasteiger partial charge is 0.393 e. The van der Waals surface area contributed by atoms with Crippen LogP contribution in [0.15, 0.2) is 48.5 Å². The van der Waals surface area contributed by atoms with E-state index in [1.54, 1.807) is 0 Å². The van der Waals surface area contributed by atoms with Gasteiger partial charge in [-0.25, -0.2) is 0 Å². The van der Waals surface area contributed by atoms with Gasteiger partial charge in [-0.3, -0.25) is 0 Å². The number of piperidine rings is 1. The second kappa shape index (κ2) is 7.17. The van der Waals surface area contributed by atoms with Crippen LogP contribution in [0.1, 0.15) is 24.0 Å². The zero-order chi connectivity index (χ0) is 16.1. The van der Waals surface area contributed by atoms with E-state index >= 15 is 0 Å². The van der Waals surface area contributed by atoms with Crippen LogP contribution in [0.3, 0.4) is 0 Å². The Labute approximate surface area is 137 Å². The zero-order valence-corrected chi connectivity index (χ0v) is 13.1. The Kier molecular flexibility index (Phi) is 4.80. The van der Waals surface area contributed by atoms with Gasteiger partial charge >= 0.3 is 0 Å². The van der Waals surface area contributed by atoms with Gasteiger partial charge in [-0.1, -0.05) is 30.3 Å². The van der Waals surface area contributed by atoms with E-state index in [1.165, 1.54) is 5.56 Å². The lowest BCUT2D eigenvalue weighted by atomic mass is 10.0. The van der Waals surface area contributed by atoms with Crippen molar-refractivity contribution >= 4 is 11.4 Å². The second-order valence-corrected chi connectivity index (χ2v) is 5.90. The Morgan fingerprint density at radius 2 is 1.87 bits per heavy atom. The highest BCUT2D eigenvalue weighted by Gasteiger charge is 2.19. The van der Waals surface area contributed by atoms with Crippen molar-refractivity contribution in [3.63, 3.8) is 0 Å². The van der Waals surface area contributed by atoms with Gasteiger partial charge in [0, 0.05) is 25.3 Å². The molecule has 1 saturated heterocycles. The molecule has 3 rings (SSSR count). The lowest BCUT2D eigenvalue weighted by Gasteiger charge is -2.32. The van der Waals surface area contributed by atoms with Crippen LogP contribution in [0.25, 0.3) is 0 Å². The first-order chi connectivity index (χ1) is 11.3. The van der Waals surface area contributed by atoms with E-state index in [4.69, 9.17) is 0 Å². The van der Waals surface area contributed by atoms with Crippen LogP contribution in [0.4, 0.5) is 11.4 Å². The molecule has 1 aliphatic heterocycles. The van der Waals surface area contributed by atoms with Crippen LogP contribution in [0, 0.1) is 11.3 Å². The second-order valence-electron chi connectivity index (χ2n) is 5.90. The Bertz CT molecular complexity index is 686. The third kappa shape index (κ3) is 3.82. The number of nitrogens with zero attached hydrogens (tertiary/aromatic N) is 2. The number of nitriles is 1. The first kappa shape index (κ1) is 15.4. The molecule has 1 fully saturated rings. The van der Waals surface area contributed by atoms with Gasteiger partial charge in [0.2, 0.25) is 0 Å². The van der Waals surface area contributed by atoms with Gasteiger partial charge in [0.15, 0.2) is 0 Å². The van der Waals surface area contributed by atoms with Gasteiger partial charge in [-0.2, -0.15) is 5.26 Å². The SMILES string of the molecule is N#Cc1cc(NCc2ccccc2)ccc1N1CCC(O)CC1. The molecule has 2 aromatic rings. The van der Waals surface area contributed by atoms with E-state index in [1.807, 2.05) is 36.4 Å². The maximum absolute atomic E-state index is 9.62. The molecule has 0 bridgehead atoms. The lowest BCUT2D eigenvalue weighted by Crippen LogP contribution is -2.36. The summed E-state index contributed by atoms with van der Waals surface area (Å²) >= 11 is 0. The Morgan fingerprint density at radius 3 is 2.57 bits per heavy atom. The molecule has 1 heterocycles. The molecule has 2 N–H and O–H groups in total. The molecule has 4 nitrogen and oxygen atoms in total. The predicted molar refractivity (Wildman–Crippen MR) is 92.4 cm³/mol. The highest BCUT2D eigenvalue weighted by atomic mass is 16.3. The Balaban J connectivity index is 1.71. The quantitative estimate of drug-likeness (QED) is 0.911. The van der Waals surface area contributed by atoms with Gasteiger partial charge in [0.1, 0.15) is 6.07 Å². The van der Waals surface area contributed by atoms with Crippen molar-refractivity contribution in [3.05, 3.63) is 59.7 Å². The van der Waals surface area contributed by atoms with Gasteiger partial charge in [-0.05, 0) is 36.6 Å². The number of rotatable bonds is 4. The van der Waals surface area contributed by atoms with E-state index in [0.29, 0.717) is 5.56 Å². The molecular formula is C19H21N3O. The summed E-state index contributed by atoms with van der Waals surface area (Å²) in [5.41, 5.74) is 3.80. The van der Waals surface area contributed by atoms with Crippen LogP contribution in [-0.2, 0) is 6.54 Å². The summed E-state index contributed by atoms with van der Waals surface area (Å²) in [5, 5.41) is 22.4. The van der Waals surface area contributed by atoms with E-state index in [9.17, 15) is 10.4 Å². The molecule has 0 amide bonds. The maximum atomic E-state index is 9.62. The monoisotopic (exact) mass is 307 g/mol. The van der Waals surface area contributed by atoms with Crippen molar-refractivity contribution in [1.82, 2.24) is 0 Å². The highest BCUT2D eigenvalue weighted by Crippen LogP contribution is 2.26. The molecule has 0 spiro atoms. The first-order valence-electron chi connectivity index (χ1n) is 8.01. The fourth-order valence-electron chi connectivity index (χ4n) is 2.92. The third-order valence-electron chi connectivity index (χ3n) is 4.26. The number of aliphatic hydroxyl groups excluding tert-OH is 1. The van der Waals surface area contributed by atoms with Gasteiger partial charge in [0.05, 0.1) is 17.4 Å². The summed E-state index contributed by atoms with van der Waals surface area (Å²) in [5.74, 6) is 0. The standard InChI is InChI=1S/C19H21N3O/c20-13-16-12-17(21-14-15-4-2-1-3-5-15)6-7-19(16)22-10-8-18(23)9-11-22/h1-7,12,18,21,23H,8-11,14H2. The van der Waals surface area contributed by atoms with E-state index in [0.717, 1.165) is 43.9 Å². The van der Waals surface area contributed by atoms with Crippen molar-refractivity contribution in [3.8, 4) is 6.07 Å². The van der Waals surface area contributed by atoms with Crippen LogP contribution in [0.5, 0.6) is 0 Å². The number of benzene rings is 2. The van der Waals surface area contributed by atoms with E-state index in [-0.39, 0.29) is 6.10 Å².